The van der Waals surface area contributed by atoms with E-state index in [0.29, 0.717) is 6.61 Å². The monoisotopic (exact) mass is 287 g/mol. The lowest BCUT2D eigenvalue weighted by atomic mass is 10.2. The molecule has 1 aromatic carbocycles. The summed E-state index contributed by atoms with van der Waals surface area (Å²) in [5.41, 5.74) is 1.23. The largest absolute Gasteiger partial charge is 0.493 e. The van der Waals surface area contributed by atoms with Gasteiger partial charge in [0, 0.05) is 6.54 Å². The van der Waals surface area contributed by atoms with Crippen molar-refractivity contribution in [3.05, 3.63) is 23.8 Å². The smallest absolute Gasteiger partial charge is 0.161 e. The van der Waals surface area contributed by atoms with Gasteiger partial charge in [0.05, 0.1) is 13.7 Å². The fourth-order valence-electron chi connectivity index (χ4n) is 1.83. The summed E-state index contributed by atoms with van der Waals surface area (Å²) < 4.78 is 10.8. The molecule has 0 aliphatic rings. The fraction of sp³-hybridized carbons (Fsp3) is 0.600. The van der Waals surface area contributed by atoms with Crippen LogP contribution in [0.15, 0.2) is 18.2 Å². The van der Waals surface area contributed by atoms with Crippen LogP contribution in [0.1, 0.15) is 38.7 Å². The molecule has 110 valence electrons. The van der Waals surface area contributed by atoms with E-state index in [1.54, 1.807) is 7.11 Å². The maximum Gasteiger partial charge on any atom is 0.161 e. The van der Waals surface area contributed by atoms with Gasteiger partial charge in [0.25, 0.3) is 0 Å². The second-order valence-electron chi connectivity index (χ2n) is 4.30. The molecular weight excluding hydrogens is 262 g/mol. The van der Waals surface area contributed by atoms with Crippen LogP contribution in [0.4, 0.5) is 0 Å². The summed E-state index contributed by atoms with van der Waals surface area (Å²) in [7, 11) is 1.67. The van der Waals surface area contributed by atoms with Gasteiger partial charge in [0.2, 0.25) is 0 Å². The van der Waals surface area contributed by atoms with Crippen LogP contribution in [-0.2, 0) is 6.54 Å². The zero-order chi connectivity index (χ0) is 13.2. The van der Waals surface area contributed by atoms with Crippen LogP contribution in [0, 0.1) is 0 Å². The molecule has 0 amide bonds. The summed E-state index contributed by atoms with van der Waals surface area (Å²) in [6, 6.07) is 6.09. The quantitative estimate of drug-likeness (QED) is 0.701. The third-order valence-corrected chi connectivity index (χ3v) is 2.81. The molecule has 0 saturated heterocycles. The maximum atomic E-state index is 5.56. The number of rotatable bonds is 9. The first kappa shape index (κ1) is 18.1. The molecule has 0 aliphatic heterocycles. The topological polar surface area (TPSA) is 30.5 Å². The summed E-state index contributed by atoms with van der Waals surface area (Å²) >= 11 is 0. The molecule has 3 nitrogen and oxygen atoms in total. The molecule has 4 heteroatoms. The van der Waals surface area contributed by atoms with Gasteiger partial charge in [0.1, 0.15) is 0 Å². The standard InChI is InChI=1S/C15H25NO2.ClH/c1-4-6-7-10-16-12-13-8-9-14(17-3)15(11-13)18-5-2;/h8-9,11,16H,4-7,10,12H2,1-3H3;1H. The predicted molar refractivity (Wildman–Crippen MR) is 82.6 cm³/mol. The Morgan fingerprint density at radius 2 is 1.89 bits per heavy atom. The van der Waals surface area contributed by atoms with Gasteiger partial charge in [-0.05, 0) is 37.6 Å². The van der Waals surface area contributed by atoms with E-state index in [0.717, 1.165) is 24.6 Å². The molecule has 19 heavy (non-hydrogen) atoms. The molecule has 1 N–H and O–H groups in total. The second-order valence-corrected chi connectivity index (χ2v) is 4.30. The Hall–Kier alpha value is -0.930. The van der Waals surface area contributed by atoms with Crippen molar-refractivity contribution in [2.45, 2.75) is 39.7 Å². The number of hydrogen-bond acceptors (Lipinski definition) is 3. The number of methoxy groups -OCH3 is 1. The van der Waals surface area contributed by atoms with Crippen molar-refractivity contribution in [3.8, 4) is 11.5 Å². The number of unbranched alkanes of at least 4 members (excludes halogenated alkanes) is 2. The first-order chi connectivity index (χ1) is 8.81. The molecule has 0 aliphatic carbocycles. The molecular formula is C15H26ClNO2. The van der Waals surface area contributed by atoms with Crippen LogP contribution in [0.5, 0.6) is 11.5 Å². The van der Waals surface area contributed by atoms with Crippen molar-refractivity contribution < 1.29 is 9.47 Å². The molecule has 0 saturated carbocycles. The van der Waals surface area contributed by atoms with Crippen LogP contribution < -0.4 is 14.8 Å². The summed E-state index contributed by atoms with van der Waals surface area (Å²) in [6.07, 6.45) is 3.80. The molecule has 0 atom stereocenters. The van der Waals surface area contributed by atoms with Crippen molar-refractivity contribution >= 4 is 12.4 Å². The van der Waals surface area contributed by atoms with E-state index < -0.39 is 0 Å². The van der Waals surface area contributed by atoms with E-state index in [4.69, 9.17) is 9.47 Å². The third-order valence-electron chi connectivity index (χ3n) is 2.81. The zero-order valence-electron chi connectivity index (χ0n) is 12.2. The highest BCUT2D eigenvalue weighted by Gasteiger charge is 2.04. The van der Waals surface area contributed by atoms with Gasteiger partial charge < -0.3 is 14.8 Å². The van der Waals surface area contributed by atoms with E-state index in [1.807, 2.05) is 13.0 Å². The highest BCUT2D eigenvalue weighted by Crippen LogP contribution is 2.27. The van der Waals surface area contributed by atoms with Crippen LogP contribution in [0.25, 0.3) is 0 Å². The highest BCUT2D eigenvalue weighted by molar-refractivity contribution is 5.85. The van der Waals surface area contributed by atoms with E-state index >= 15 is 0 Å². The Bertz CT molecular complexity index is 345. The minimum Gasteiger partial charge on any atom is -0.493 e. The number of halogens is 1. The second kappa shape index (κ2) is 10.9. The first-order valence-electron chi connectivity index (χ1n) is 6.82. The van der Waals surface area contributed by atoms with Gasteiger partial charge in [-0.3, -0.25) is 0 Å². The SMILES string of the molecule is CCCCCNCc1ccc(OC)c(OCC)c1.Cl. The lowest BCUT2D eigenvalue weighted by Crippen LogP contribution is -2.14. The average Bonchev–Trinajstić information content (AvgIpc) is 2.39. The van der Waals surface area contributed by atoms with Crippen molar-refractivity contribution in [1.29, 1.82) is 0 Å². The molecule has 0 heterocycles. The van der Waals surface area contributed by atoms with Crippen molar-refractivity contribution in [3.63, 3.8) is 0 Å². The minimum atomic E-state index is 0. The van der Waals surface area contributed by atoms with Crippen LogP contribution in [0.2, 0.25) is 0 Å². The molecule has 0 spiro atoms. The highest BCUT2D eigenvalue weighted by atomic mass is 35.5. The molecule has 0 bridgehead atoms. The van der Waals surface area contributed by atoms with Crippen molar-refractivity contribution in [2.75, 3.05) is 20.3 Å². The van der Waals surface area contributed by atoms with Crippen LogP contribution >= 0.6 is 12.4 Å². The van der Waals surface area contributed by atoms with E-state index in [2.05, 4.69) is 24.4 Å². The summed E-state index contributed by atoms with van der Waals surface area (Å²) in [5, 5.41) is 3.45. The predicted octanol–water partition coefficient (Wildman–Crippen LogP) is 3.80. The summed E-state index contributed by atoms with van der Waals surface area (Å²) in [4.78, 5) is 0. The number of hydrogen-bond donors (Lipinski definition) is 1. The Morgan fingerprint density at radius 1 is 1.11 bits per heavy atom. The number of ether oxygens (including phenoxy) is 2. The third kappa shape index (κ3) is 6.69. The van der Waals surface area contributed by atoms with Gasteiger partial charge >= 0.3 is 0 Å². The van der Waals surface area contributed by atoms with Gasteiger partial charge in [-0.25, -0.2) is 0 Å². The molecule has 0 aromatic heterocycles. The number of nitrogens with one attached hydrogen (secondary N) is 1. The fourth-order valence-corrected chi connectivity index (χ4v) is 1.83. The van der Waals surface area contributed by atoms with Crippen molar-refractivity contribution in [2.24, 2.45) is 0 Å². The lowest BCUT2D eigenvalue weighted by molar-refractivity contribution is 0.310. The minimum absolute atomic E-state index is 0. The van der Waals surface area contributed by atoms with E-state index in [-0.39, 0.29) is 12.4 Å². The Balaban J connectivity index is 0.00000324. The molecule has 0 unspecified atom stereocenters. The van der Waals surface area contributed by atoms with Gasteiger partial charge in [-0.15, -0.1) is 12.4 Å². The molecule has 0 radical (unpaired) electrons. The zero-order valence-corrected chi connectivity index (χ0v) is 13.0. The lowest BCUT2D eigenvalue weighted by Gasteiger charge is -2.11. The van der Waals surface area contributed by atoms with Crippen LogP contribution in [-0.4, -0.2) is 20.3 Å². The Kier molecular flexibility index (Phi) is 10.4. The maximum absolute atomic E-state index is 5.56. The Morgan fingerprint density at radius 3 is 2.53 bits per heavy atom. The average molecular weight is 288 g/mol. The molecule has 1 rings (SSSR count). The summed E-state index contributed by atoms with van der Waals surface area (Å²) in [6.45, 7) is 6.81. The summed E-state index contributed by atoms with van der Waals surface area (Å²) in [5.74, 6) is 1.62. The van der Waals surface area contributed by atoms with Gasteiger partial charge in [-0.1, -0.05) is 25.8 Å². The van der Waals surface area contributed by atoms with Gasteiger partial charge in [0.15, 0.2) is 11.5 Å². The van der Waals surface area contributed by atoms with Crippen LogP contribution in [0.3, 0.4) is 0 Å². The molecule has 0 fully saturated rings. The van der Waals surface area contributed by atoms with E-state index in [9.17, 15) is 0 Å². The number of benzene rings is 1. The van der Waals surface area contributed by atoms with E-state index in [1.165, 1.54) is 24.8 Å². The molecule has 1 aromatic rings. The van der Waals surface area contributed by atoms with Gasteiger partial charge in [-0.2, -0.15) is 0 Å². The van der Waals surface area contributed by atoms with Crippen molar-refractivity contribution in [1.82, 2.24) is 5.32 Å². The Labute approximate surface area is 123 Å². The first-order valence-corrected chi connectivity index (χ1v) is 6.82. The normalized spacial score (nSPS) is 9.84.